The van der Waals surface area contributed by atoms with Crippen molar-refractivity contribution < 1.29 is 9.47 Å². The molecule has 18 heavy (non-hydrogen) atoms. The van der Waals surface area contributed by atoms with Gasteiger partial charge < -0.3 is 15.2 Å². The molecule has 4 heteroatoms. The van der Waals surface area contributed by atoms with E-state index in [0.29, 0.717) is 19.8 Å². The monoisotopic (exact) mass is 311 g/mol. The second-order valence-electron chi connectivity index (χ2n) is 5.23. The predicted octanol–water partition coefficient (Wildman–Crippen LogP) is 2.91. The lowest BCUT2D eigenvalue weighted by Gasteiger charge is -2.43. The quantitative estimate of drug-likeness (QED) is 0.913. The van der Waals surface area contributed by atoms with Crippen molar-refractivity contribution in [3.05, 3.63) is 21.7 Å². The number of fused-ring (bicyclic) bond motifs is 1. The normalized spacial score (nSPS) is 20.4. The Kier molecular flexibility index (Phi) is 3.02. The zero-order valence-corrected chi connectivity index (χ0v) is 12.2. The molecule has 1 aromatic rings. The molecule has 1 saturated carbocycles. The number of ether oxygens (including phenoxy) is 2. The minimum atomic E-state index is 0.138. The molecule has 98 valence electrons. The fourth-order valence-corrected chi connectivity index (χ4v) is 3.62. The van der Waals surface area contributed by atoms with Gasteiger partial charge in [0.2, 0.25) is 0 Å². The number of halogens is 1. The van der Waals surface area contributed by atoms with E-state index >= 15 is 0 Å². The standard InChI is InChI=1S/C14H18BrNO2/c1-9-12(15)10(14(8-16)3-2-4-14)7-11-13(9)18-6-5-17-11/h7H,2-6,8,16H2,1H3. The van der Waals surface area contributed by atoms with E-state index in [0.717, 1.165) is 21.5 Å². The third-order valence-electron chi connectivity index (χ3n) is 4.27. The summed E-state index contributed by atoms with van der Waals surface area (Å²) in [6.45, 7) is 4.03. The minimum absolute atomic E-state index is 0.138. The van der Waals surface area contributed by atoms with Crippen LogP contribution in [0.25, 0.3) is 0 Å². The van der Waals surface area contributed by atoms with Crippen molar-refractivity contribution in [1.29, 1.82) is 0 Å². The van der Waals surface area contributed by atoms with Crippen LogP contribution in [0.5, 0.6) is 11.5 Å². The lowest BCUT2D eigenvalue weighted by molar-refractivity contribution is 0.168. The number of nitrogens with two attached hydrogens (primary N) is 1. The van der Waals surface area contributed by atoms with Gasteiger partial charge in [0.1, 0.15) is 13.2 Å². The molecule has 0 spiro atoms. The molecule has 0 radical (unpaired) electrons. The highest BCUT2D eigenvalue weighted by Gasteiger charge is 2.40. The molecule has 0 saturated heterocycles. The molecular formula is C14H18BrNO2. The first-order valence-corrected chi connectivity index (χ1v) is 7.26. The number of hydrogen-bond donors (Lipinski definition) is 1. The first-order valence-electron chi connectivity index (χ1n) is 6.47. The zero-order valence-electron chi connectivity index (χ0n) is 10.6. The number of benzene rings is 1. The Morgan fingerprint density at radius 2 is 2.06 bits per heavy atom. The Labute approximate surface area is 116 Å². The van der Waals surface area contributed by atoms with Gasteiger partial charge in [-0.05, 0) is 31.4 Å². The van der Waals surface area contributed by atoms with Gasteiger partial charge in [-0.15, -0.1) is 0 Å². The van der Waals surface area contributed by atoms with Gasteiger partial charge in [0.05, 0.1) is 0 Å². The van der Waals surface area contributed by atoms with E-state index in [-0.39, 0.29) is 5.41 Å². The molecule has 0 aromatic heterocycles. The highest BCUT2D eigenvalue weighted by Crippen LogP contribution is 2.50. The van der Waals surface area contributed by atoms with Gasteiger partial charge >= 0.3 is 0 Å². The Morgan fingerprint density at radius 1 is 1.33 bits per heavy atom. The summed E-state index contributed by atoms with van der Waals surface area (Å²) in [5.74, 6) is 1.75. The fourth-order valence-electron chi connectivity index (χ4n) is 2.90. The smallest absolute Gasteiger partial charge is 0.165 e. The van der Waals surface area contributed by atoms with E-state index in [1.807, 2.05) is 0 Å². The van der Waals surface area contributed by atoms with Crippen molar-refractivity contribution in [2.45, 2.75) is 31.6 Å². The SMILES string of the molecule is Cc1c(Br)c(C2(CN)CCC2)cc2c1OCCO2. The van der Waals surface area contributed by atoms with Crippen molar-refractivity contribution in [2.75, 3.05) is 19.8 Å². The van der Waals surface area contributed by atoms with E-state index in [4.69, 9.17) is 15.2 Å². The first-order chi connectivity index (χ1) is 8.68. The van der Waals surface area contributed by atoms with E-state index in [9.17, 15) is 0 Å². The Morgan fingerprint density at radius 3 is 2.67 bits per heavy atom. The van der Waals surface area contributed by atoms with Crippen molar-refractivity contribution in [1.82, 2.24) is 0 Å². The van der Waals surface area contributed by atoms with Crippen LogP contribution in [0.4, 0.5) is 0 Å². The van der Waals surface area contributed by atoms with E-state index in [2.05, 4.69) is 28.9 Å². The zero-order chi connectivity index (χ0) is 12.8. The van der Waals surface area contributed by atoms with Gasteiger partial charge in [0, 0.05) is 22.0 Å². The topological polar surface area (TPSA) is 44.5 Å². The second-order valence-corrected chi connectivity index (χ2v) is 6.02. The van der Waals surface area contributed by atoms with Gasteiger partial charge in [-0.3, -0.25) is 0 Å². The minimum Gasteiger partial charge on any atom is -0.486 e. The maximum Gasteiger partial charge on any atom is 0.165 e. The maximum atomic E-state index is 6.00. The molecular weight excluding hydrogens is 294 g/mol. The van der Waals surface area contributed by atoms with Gasteiger partial charge in [-0.25, -0.2) is 0 Å². The molecule has 1 heterocycles. The summed E-state index contributed by atoms with van der Waals surface area (Å²) in [6, 6.07) is 2.12. The molecule has 3 nitrogen and oxygen atoms in total. The Balaban J connectivity index is 2.13. The van der Waals surface area contributed by atoms with Gasteiger partial charge in [-0.2, -0.15) is 0 Å². The van der Waals surface area contributed by atoms with Crippen molar-refractivity contribution >= 4 is 15.9 Å². The highest BCUT2D eigenvalue weighted by molar-refractivity contribution is 9.10. The van der Waals surface area contributed by atoms with Crippen molar-refractivity contribution in [3.8, 4) is 11.5 Å². The van der Waals surface area contributed by atoms with Crippen LogP contribution in [0.2, 0.25) is 0 Å². The van der Waals surface area contributed by atoms with Crippen LogP contribution < -0.4 is 15.2 Å². The third kappa shape index (κ3) is 1.66. The highest BCUT2D eigenvalue weighted by atomic mass is 79.9. The average molecular weight is 312 g/mol. The Bertz CT molecular complexity index is 478. The lowest BCUT2D eigenvalue weighted by atomic mass is 9.64. The fraction of sp³-hybridized carbons (Fsp3) is 0.571. The van der Waals surface area contributed by atoms with Crippen LogP contribution in [0, 0.1) is 6.92 Å². The van der Waals surface area contributed by atoms with E-state index < -0.39 is 0 Å². The molecule has 1 aromatic carbocycles. The summed E-state index contributed by atoms with van der Waals surface area (Å²) in [5, 5.41) is 0. The van der Waals surface area contributed by atoms with Crippen LogP contribution in [0.15, 0.2) is 10.5 Å². The van der Waals surface area contributed by atoms with Crippen LogP contribution in [-0.2, 0) is 5.41 Å². The molecule has 0 amide bonds. The summed E-state index contributed by atoms with van der Waals surface area (Å²) in [6.07, 6.45) is 3.60. The van der Waals surface area contributed by atoms with Crippen molar-refractivity contribution in [3.63, 3.8) is 0 Å². The summed E-state index contributed by atoms with van der Waals surface area (Å²) in [7, 11) is 0. The first kappa shape index (κ1) is 12.3. The van der Waals surface area contributed by atoms with Crippen LogP contribution >= 0.6 is 15.9 Å². The molecule has 1 fully saturated rings. The lowest BCUT2D eigenvalue weighted by Crippen LogP contribution is -2.42. The van der Waals surface area contributed by atoms with Crippen LogP contribution in [0.1, 0.15) is 30.4 Å². The second kappa shape index (κ2) is 4.42. The average Bonchev–Trinajstić information content (AvgIpc) is 2.35. The summed E-state index contributed by atoms with van der Waals surface area (Å²) < 4.78 is 12.6. The summed E-state index contributed by atoms with van der Waals surface area (Å²) >= 11 is 3.72. The molecule has 2 aliphatic rings. The largest absolute Gasteiger partial charge is 0.486 e. The molecule has 3 rings (SSSR count). The molecule has 0 unspecified atom stereocenters. The van der Waals surface area contributed by atoms with Gasteiger partial charge in [0.25, 0.3) is 0 Å². The van der Waals surface area contributed by atoms with E-state index in [1.165, 1.54) is 24.8 Å². The summed E-state index contributed by atoms with van der Waals surface area (Å²) in [4.78, 5) is 0. The number of hydrogen-bond acceptors (Lipinski definition) is 3. The van der Waals surface area contributed by atoms with Crippen molar-refractivity contribution in [2.24, 2.45) is 5.73 Å². The van der Waals surface area contributed by atoms with Gasteiger partial charge in [-0.1, -0.05) is 22.4 Å². The third-order valence-corrected chi connectivity index (χ3v) is 5.29. The summed E-state index contributed by atoms with van der Waals surface area (Å²) in [5.41, 5.74) is 8.56. The number of rotatable bonds is 2. The Hall–Kier alpha value is -0.740. The molecule has 1 aliphatic heterocycles. The molecule has 1 aliphatic carbocycles. The molecule has 0 bridgehead atoms. The maximum absolute atomic E-state index is 6.00. The van der Waals surface area contributed by atoms with Gasteiger partial charge in [0.15, 0.2) is 11.5 Å². The predicted molar refractivity (Wildman–Crippen MR) is 74.5 cm³/mol. The van der Waals surface area contributed by atoms with Crippen LogP contribution in [0.3, 0.4) is 0 Å². The van der Waals surface area contributed by atoms with E-state index in [1.54, 1.807) is 0 Å². The van der Waals surface area contributed by atoms with Crippen LogP contribution in [-0.4, -0.2) is 19.8 Å². The molecule has 2 N–H and O–H groups in total. The molecule has 0 atom stereocenters.